The second-order valence-electron chi connectivity index (χ2n) is 14.6. The normalized spacial score (nSPS) is 11.3. The summed E-state index contributed by atoms with van der Waals surface area (Å²) in [4.78, 5) is 10.5. The van der Waals surface area contributed by atoms with Gasteiger partial charge in [-0.3, -0.25) is 9.55 Å². The van der Waals surface area contributed by atoms with Gasteiger partial charge in [0.2, 0.25) is 0 Å². The third kappa shape index (κ3) is 6.23. The summed E-state index contributed by atoms with van der Waals surface area (Å²) in [6.45, 7) is 0. The first-order valence-corrected chi connectivity index (χ1v) is 19.7. The fraction of sp³-hybridized carbons (Fsp3) is 0. The van der Waals surface area contributed by atoms with E-state index in [1.807, 2.05) is 36.5 Å². The molecular formula is C54H35N4OPt-. The largest absolute Gasteiger partial charge is 0.507 e. The summed E-state index contributed by atoms with van der Waals surface area (Å²) in [7, 11) is 0. The van der Waals surface area contributed by atoms with Crippen molar-refractivity contribution in [1.82, 2.24) is 19.1 Å². The van der Waals surface area contributed by atoms with E-state index in [1.165, 1.54) is 0 Å². The molecule has 3 heterocycles. The Morgan fingerprint density at radius 2 is 1.12 bits per heavy atom. The van der Waals surface area contributed by atoms with Gasteiger partial charge in [0.05, 0.1) is 22.3 Å². The van der Waals surface area contributed by atoms with Crippen LogP contribution in [-0.4, -0.2) is 24.2 Å². The van der Waals surface area contributed by atoms with Crippen LogP contribution in [0.1, 0.15) is 0 Å². The van der Waals surface area contributed by atoms with Crippen LogP contribution in [0.25, 0.3) is 100 Å². The predicted octanol–water partition coefficient (Wildman–Crippen LogP) is 13.4. The number of hydrogen-bond acceptors (Lipinski definition) is 3. The minimum absolute atomic E-state index is 0. The van der Waals surface area contributed by atoms with E-state index >= 15 is 0 Å². The summed E-state index contributed by atoms with van der Waals surface area (Å²) in [5.41, 5.74) is 14.4. The predicted molar refractivity (Wildman–Crippen MR) is 241 cm³/mol. The van der Waals surface area contributed by atoms with Crippen molar-refractivity contribution in [2.75, 3.05) is 0 Å². The molecule has 11 rings (SSSR count). The van der Waals surface area contributed by atoms with Gasteiger partial charge in [-0.2, -0.15) is 0 Å². The van der Waals surface area contributed by atoms with E-state index in [0.717, 1.165) is 88.9 Å². The topological polar surface area (TPSA) is 55.9 Å². The second kappa shape index (κ2) is 15.4. The maximum absolute atomic E-state index is 11.3. The summed E-state index contributed by atoms with van der Waals surface area (Å²) in [5.74, 6) is 0.810. The van der Waals surface area contributed by atoms with Gasteiger partial charge in [0.25, 0.3) is 0 Å². The van der Waals surface area contributed by atoms with Gasteiger partial charge in [0.1, 0.15) is 11.6 Å². The zero-order valence-corrected chi connectivity index (χ0v) is 34.5. The number of imidazole rings is 1. The Morgan fingerprint density at radius 3 is 1.90 bits per heavy atom. The number of para-hydroxylation sites is 5. The van der Waals surface area contributed by atoms with E-state index in [2.05, 4.69) is 179 Å². The molecule has 0 saturated heterocycles. The molecule has 0 unspecified atom stereocenters. The van der Waals surface area contributed by atoms with Crippen LogP contribution >= 0.6 is 0 Å². The molecule has 11 aromatic rings. The molecule has 0 aliphatic carbocycles. The minimum atomic E-state index is 0. The number of aromatic hydroxyl groups is 1. The Bertz CT molecular complexity index is 3340. The Morgan fingerprint density at radius 1 is 0.483 bits per heavy atom. The van der Waals surface area contributed by atoms with Gasteiger partial charge in [-0.25, -0.2) is 4.98 Å². The second-order valence-corrected chi connectivity index (χ2v) is 14.6. The summed E-state index contributed by atoms with van der Waals surface area (Å²) < 4.78 is 4.52. The SMILES string of the molecule is Oc1ccccc1-c1nc2c(-c3[c-]c(-c4cc(-c5ccccc5)ccn4)c4c(c3)c3ccccc3n4-c3ccccc3)cccc2n1-c1ccccc1-c1ccccc1.[Pt]. The zero-order chi connectivity index (χ0) is 39.3. The average Bonchev–Trinajstić information content (AvgIpc) is 3.86. The summed E-state index contributed by atoms with van der Waals surface area (Å²) in [6, 6.07) is 72.5. The van der Waals surface area contributed by atoms with Gasteiger partial charge in [0, 0.05) is 49.7 Å². The first-order chi connectivity index (χ1) is 29.2. The molecule has 6 heteroatoms. The Kier molecular flexibility index (Phi) is 9.52. The molecule has 3 aromatic heterocycles. The fourth-order valence-electron chi connectivity index (χ4n) is 8.52. The summed E-state index contributed by atoms with van der Waals surface area (Å²) in [6.07, 6.45) is 1.89. The molecule has 288 valence electrons. The molecule has 8 aromatic carbocycles. The van der Waals surface area contributed by atoms with Gasteiger partial charge < -0.3 is 9.67 Å². The summed E-state index contributed by atoms with van der Waals surface area (Å²) in [5, 5.41) is 13.6. The standard InChI is InChI=1S/C54H35N4O.Pt/c59-51-30-15-12-25-44(51)54-56-52-42(26-16-29-50(52)58(54)48-27-13-10-23-41(48)37-19-6-2-7-20-37)39-33-45-43-24-11-14-28-49(43)57(40-21-8-3-9-22-40)53(45)46(34-39)47-35-38(31-32-55-47)36-17-4-1-5-18-36;/h1-33,35,59H;/q-1;. The van der Waals surface area contributed by atoms with Crippen LogP contribution in [0, 0.1) is 6.07 Å². The van der Waals surface area contributed by atoms with Crippen LogP contribution in [-0.2, 0) is 21.1 Å². The van der Waals surface area contributed by atoms with E-state index < -0.39 is 0 Å². The molecule has 0 spiro atoms. The Hall–Kier alpha value is -7.33. The van der Waals surface area contributed by atoms with Crippen molar-refractivity contribution in [2.24, 2.45) is 0 Å². The fourth-order valence-corrected chi connectivity index (χ4v) is 8.52. The number of rotatable bonds is 7. The molecule has 0 fully saturated rings. The number of fused-ring (bicyclic) bond motifs is 4. The van der Waals surface area contributed by atoms with Crippen LogP contribution in [0.5, 0.6) is 5.75 Å². The molecule has 5 nitrogen and oxygen atoms in total. The van der Waals surface area contributed by atoms with Crippen LogP contribution < -0.4 is 0 Å². The van der Waals surface area contributed by atoms with Gasteiger partial charge in [-0.1, -0.05) is 162 Å². The maximum Gasteiger partial charge on any atom is 0.148 e. The first kappa shape index (κ1) is 37.0. The van der Waals surface area contributed by atoms with E-state index in [-0.39, 0.29) is 26.8 Å². The van der Waals surface area contributed by atoms with E-state index in [0.29, 0.717) is 11.4 Å². The quantitative estimate of drug-likeness (QED) is 0.162. The van der Waals surface area contributed by atoms with Gasteiger partial charge >= 0.3 is 0 Å². The van der Waals surface area contributed by atoms with Crippen molar-refractivity contribution < 1.29 is 26.2 Å². The van der Waals surface area contributed by atoms with Crippen molar-refractivity contribution in [3.63, 3.8) is 0 Å². The smallest absolute Gasteiger partial charge is 0.148 e. The van der Waals surface area contributed by atoms with Crippen molar-refractivity contribution in [1.29, 1.82) is 0 Å². The molecular weight excluding hydrogens is 916 g/mol. The Balaban J connectivity index is 0.00000433. The molecule has 0 bridgehead atoms. The van der Waals surface area contributed by atoms with Gasteiger partial charge in [-0.05, 0) is 76.1 Å². The minimum Gasteiger partial charge on any atom is -0.507 e. The molecule has 60 heavy (non-hydrogen) atoms. The molecule has 0 aliphatic rings. The van der Waals surface area contributed by atoms with E-state index in [9.17, 15) is 5.11 Å². The summed E-state index contributed by atoms with van der Waals surface area (Å²) >= 11 is 0. The molecule has 0 aliphatic heterocycles. The van der Waals surface area contributed by atoms with E-state index in [1.54, 1.807) is 6.07 Å². The van der Waals surface area contributed by atoms with E-state index in [4.69, 9.17) is 9.97 Å². The average molecular weight is 951 g/mol. The zero-order valence-electron chi connectivity index (χ0n) is 32.2. The number of phenolic OH excluding ortho intramolecular Hbond substituents is 1. The molecule has 0 amide bonds. The third-order valence-electron chi connectivity index (χ3n) is 11.2. The van der Waals surface area contributed by atoms with Crippen molar-refractivity contribution in [2.45, 2.75) is 0 Å². The number of hydrogen-bond donors (Lipinski definition) is 1. The molecule has 1 N–H and O–H groups in total. The van der Waals surface area contributed by atoms with Crippen molar-refractivity contribution in [3.8, 4) is 73.2 Å². The van der Waals surface area contributed by atoms with Crippen LogP contribution in [0.2, 0.25) is 0 Å². The molecule has 0 atom stereocenters. The third-order valence-corrected chi connectivity index (χ3v) is 11.2. The van der Waals surface area contributed by atoms with Gasteiger partial charge in [0.15, 0.2) is 0 Å². The molecule has 0 saturated carbocycles. The maximum atomic E-state index is 11.3. The van der Waals surface area contributed by atoms with Crippen LogP contribution in [0.15, 0.2) is 206 Å². The number of phenols is 1. The van der Waals surface area contributed by atoms with Crippen LogP contribution in [0.3, 0.4) is 0 Å². The van der Waals surface area contributed by atoms with Crippen LogP contribution in [0.4, 0.5) is 0 Å². The number of nitrogens with zero attached hydrogens (tertiary/aromatic N) is 4. The number of aromatic nitrogens is 4. The van der Waals surface area contributed by atoms with Crippen molar-refractivity contribution >= 4 is 32.8 Å². The number of benzene rings is 8. The Labute approximate surface area is 361 Å². The monoisotopic (exact) mass is 950 g/mol. The van der Waals surface area contributed by atoms with Crippen molar-refractivity contribution in [3.05, 3.63) is 212 Å². The number of pyridine rings is 1. The molecule has 0 radical (unpaired) electrons. The first-order valence-electron chi connectivity index (χ1n) is 19.7. The van der Waals surface area contributed by atoms with Gasteiger partial charge in [-0.15, -0.1) is 17.7 Å².